The van der Waals surface area contributed by atoms with Crippen molar-refractivity contribution < 1.29 is 9.72 Å². The zero-order chi connectivity index (χ0) is 22.0. The number of anilines is 1. The minimum atomic E-state index is -0.766. The van der Waals surface area contributed by atoms with Crippen LogP contribution in [-0.2, 0) is 11.3 Å². The summed E-state index contributed by atoms with van der Waals surface area (Å²) in [5.41, 5.74) is 1.16. The number of aromatic nitrogens is 4. The Morgan fingerprint density at radius 1 is 1.23 bits per heavy atom. The number of rotatable bonds is 7. The van der Waals surface area contributed by atoms with Crippen LogP contribution in [0.15, 0.2) is 30.5 Å². The van der Waals surface area contributed by atoms with Crippen LogP contribution < -0.4 is 5.32 Å². The number of nitrogens with zero attached hydrogens (tertiary/aromatic N) is 5. The summed E-state index contributed by atoms with van der Waals surface area (Å²) in [7, 11) is 0. The molecule has 0 saturated carbocycles. The van der Waals surface area contributed by atoms with Gasteiger partial charge in [0, 0.05) is 21.8 Å². The van der Waals surface area contributed by atoms with E-state index in [0.717, 1.165) is 0 Å². The Morgan fingerprint density at radius 2 is 1.90 bits per heavy atom. The molecule has 2 aromatic heterocycles. The van der Waals surface area contributed by atoms with Gasteiger partial charge < -0.3 is 15.4 Å². The van der Waals surface area contributed by atoms with Gasteiger partial charge in [-0.25, -0.2) is 0 Å². The molecular formula is C18H17Cl3N6O3. The molecule has 0 radical (unpaired) electrons. The van der Waals surface area contributed by atoms with Crippen LogP contribution in [0.4, 0.5) is 11.6 Å². The number of carbonyl (C=O) groups excluding carboxylic acids is 1. The van der Waals surface area contributed by atoms with Gasteiger partial charge in [0.1, 0.15) is 5.02 Å². The first-order valence-corrected chi connectivity index (χ1v) is 10.0. The average Bonchev–Trinajstić information content (AvgIpc) is 3.22. The van der Waals surface area contributed by atoms with Gasteiger partial charge in [0.05, 0.1) is 23.4 Å². The van der Waals surface area contributed by atoms with Crippen molar-refractivity contribution in [3.05, 3.63) is 66.9 Å². The predicted octanol–water partition coefficient (Wildman–Crippen LogP) is 4.89. The SMILES string of the molecule is CCC(C(=O)Nc1nn(Cc2c(Cl)cccc2Cl)cc1Cl)n1nc([N+](=O)[O-])cc1C. The van der Waals surface area contributed by atoms with Crippen molar-refractivity contribution in [2.45, 2.75) is 32.9 Å². The van der Waals surface area contributed by atoms with E-state index < -0.39 is 16.9 Å². The molecule has 158 valence electrons. The van der Waals surface area contributed by atoms with E-state index in [2.05, 4.69) is 15.5 Å². The number of hydrogen-bond acceptors (Lipinski definition) is 5. The van der Waals surface area contributed by atoms with Crippen LogP contribution in [0.2, 0.25) is 15.1 Å². The first kappa shape index (κ1) is 22.1. The van der Waals surface area contributed by atoms with E-state index in [1.807, 2.05) is 0 Å². The second kappa shape index (κ2) is 9.03. The quantitative estimate of drug-likeness (QED) is 0.390. The zero-order valence-corrected chi connectivity index (χ0v) is 18.2. The van der Waals surface area contributed by atoms with Gasteiger partial charge in [-0.1, -0.05) is 47.8 Å². The van der Waals surface area contributed by atoms with E-state index in [-0.39, 0.29) is 23.2 Å². The molecule has 9 nitrogen and oxygen atoms in total. The van der Waals surface area contributed by atoms with Crippen molar-refractivity contribution in [1.29, 1.82) is 0 Å². The molecule has 1 aromatic carbocycles. The Labute approximate surface area is 186 Å². The molecule has 0 aliphatic heterocycles. The third-order valence-electron chi connectivity index (χ3n) is 4.42. The number of carbonyl (C=O) groups is 1. The number of nitrogens with one attached hydrogen (secondary N) is 1. The summed E-state index contributed by atoms with van der Waals surface area (Å²) >= 11 is 18.6. The maximum atomic E-state index is 12.8. The summed E-state index contributed by atoms with van der Waals surface area (Å²) < 4.78 is 2.83. The average molecular weight is 472 g/mol. The maximum absolute atomic E-state index is 12.8. The minimum Gasteiger partial charge on any atom is -0.358 e. The highest BCUT2D eigenvalue weighted by atomic mass is 35.5. The molecule has 1 atom stereocenters. The summed E-state index contributed by atoms with van der Waals surface area (Å²) in [6, 6.07) is 5.72. The fourth-order valence-electron chi connectivity index (χ4n) is 2.95. The van der Waals surface area contributed by atoms with Gasteiger partial charge in [-0.2, -0.15) is 9.78 Å². The van der Waals surface area contributed by atoms with Gasteiger partial charge >= 0.3 is 5.82 Å². The Morgan fingerprint density at radius 3 is 2.47 bits per heavy atom. The lowest BCUT2D eigenvalue weighted by atomic mass is 10.2. The highest BCUT2D eigenvalue weighted by Crippen LogP contribution is 2.27. The van der Waals surface area contributed by atoms with Crippen LogP contribution in [0.25, 0.3) is 0 Å². The Balaban J connectivity index is 1.80. The first-order chi connectivity index (χ1) is 14.2. The maximum Gasteiger partial charge on any atom is 0.390 e. The summed E-state index contributed by atoms with van der Waals surface area (Å²) in [5.74, 6) is -0.609. The highest BCUT2D eigenvalue weighted by Gasteiger charge is 2.28. The Hall–Kier alpha value is -2.62. The number of hydrogen-bond donors (Lipinski definition) is 1. The Kier molecular flexibility index (Phi) is 6.64. The van der Waals surface area contributed by atoms with Crippen LogP contribution >= 0.6 is 34.8 Å². The molecule has 0 saturated heterocycles. The smallest absolute Gasteiger partial charge is 0.358 e. The normalized spacial score (nSPS) is 12.0. The molecule has 1 N–H and O–H groups in total. The second-order valence-electron chi connectivity index (χ2n) is 6.48. The second-order valence-corrected chi connectivity index (χ2v) is 7.70. The third-order valence-corrected chi connectivity index (χ3v) is 5.41. The van der Waals surface area contributed by atoms with Crippen LogP contribution in [-0.4, -0.2) is 30.4 Å². The van der Waals surface area contributed by atoms with Crippen molar-refractivity contribution in [3.8, 4) is 0 Å². The molecule has 2 heterocycles. The molecule has 1 unspecified atom stereocenters. The van der Waals surface area contributed by atoms with Crippen molar-refractivity contribution in [2.75, 3.05) is 5.32 Å². The Bertz CT molecular complexity index is 1090. The van der Waals surface area contributed by atoms with Crippen LogP contribution in [0.5, 0.6) is 0 Å². The lowest BCUT2D eigenvalue weighted by Gasteiger charge is -2.13. The monoisotopic (exact) mass is 470 g/mol. The van der Waals surface area contributed by atoms with E-state index >= 15 is 0 Å². The topological polar surface area (TPSA) is 108 Å². The van der Waals surface area contributed by atoms with Crippen molar-refractivity contribution in [1.82, 2.24) is 19.6 Å². The molecule has 30 heavy (non-hydrogen) atoms. The fourth-order valence-corrected chi connectivity index (χ4v) is 3.67. The number of nitro groups is 1. The minimum absolute atomic E-state index is 0.155. The molecule has 1 amide bonds. The van der Waals surface area contributed by atoms with Crippen molar-refractivity contribution in [2.24, 2.45) is 0 Å². The number of halogens is 3. The molecule has 0 fully saturated rings. The van der Waals surface area contributed by atoms with E-state index in [4.69, 9.17) is 34.8 Å². The van der Waals surface area contributed by atoms with Gasteiger partial charge in [0.25, 0.3) is 5.91 Å². The molecule has 0 bridgehead atoms. The van der Waals surface area contributed by atoms with E-state index in [9.17, 15) is 14.9 Å². The van der Waals surface area contributed by atoms with Crippen molar-refractivity contribution in [3.63, 3.8) is 0 Å². The van der Waals surface area contributed by atoms with Gasteiger partial charge in [-0.3, -0.25) is 9.48 Å². The summed E-state index contributed by atoms with van der Waals surface area (Å²) in [6.45, 7) is 3.68. The molecular weight excluding hydrogens is 455 g/mol. The molecule has 3 rings (SSSR count). The summed E-state index contributed by atoms with van der Waals surface area (Å²) in [5, 5.41) is 23.0. The van der Waals surface area contributed by atoms with Gasteiger partial charge in [-0.15, -0.1) is 0 Å². The largest absolute Gasteiger partial charge is 0.390 e. The lowest BCUT2D eigenvalue weighted by Crippen LogP contribution is -2.27. The number of amides is 1. The molecule has 0 spiro atoms. The van der Waals surface area contributed by atoms with E-state index in [1.54, 1.807) is 38.2 Å². The zero-order valence-electron chi connectivity index (χ0n) is 16.0. The van der Waals surface area contributed by atoms with E-state index in [1.165, 1.54) is 15.4 Å². The number of benzene rings is 1. The molecule has 0 aliphatic rings. The predicted molar refractivity (Wildman–Crippen MR) is 114 cm³/mol. The third kappa shape index (κ3) is 4.58. The van der Waals surface area contributed by atoms with Gasteiger partial charge in [0.2, 0.25) is 0 Å². The van der Waals surface area contributed by atoms with Crippen LogP contribution in [0.3, 0.4) is 0 Å². The summed E-state index contributed by atoms with van der Waals surface area (Å²) in [4.78, 5) is 23.2. The molecule has 12 heteroatoms. The van der Waals surface area contributed by atoms with Crippen LogP contribution in [0.1, 0.15) is 30.6 Å². The standard InChI is InChI=1S/C18H17Cl3N6O3/c1-3-15(26-10(2)7-16(23-26)27(29)30)18(28)22-17-14(21)9-25(24-17)8-11-12(19)5-4-6-13(11)20/h4-7,9,15H,3,8H2,1-2H3,(H,22,24,28). The van der Waals surface area contributed by atoms with Gasteiger partial charge in [0.15, 0.2) is 11.9 Å². The van der Waals surface area contributed by atoms with Crippen molar-refractivity contribution >= 4 is 52.3 Å². The number of aryl methyl sites for hydroxylation is 1. The fraction of sp³-hybridized carbons (Fsp3) is 0.278. The molecule has 3 aromatic rings. The van der Waals surface area contributed by atoms with Gasteiger partial charge in [-0.05, 0) is 30.4 Å². The highest BCUT2D eigenvalue weighted by molar-refractivity contribution is 6.36. The lowest BCUT2D eigenvalue weighted by molar-refractivity contribution is -0.389. The van der Waals surface area contributed by atoms with Crippen LogP contribution in [0, 0.1) is 17.0 Å². The molecule has 0 aliphatic carbocycles. The van der Waals surface area contributed by atoms with E-state index in [0.29, 0.717) is 27.7 Å². The summed E-state index contributed by atoms with van der Waals surface area (Å²) in [6.07, 6.45) is 1.90. The first-order valence-electron chi connectivity index (χ1n) is 8.88.